The molecule has 0 heterocycles. The van der Waals surface area contributed by atoms with E-state index in [4.69, 9.17) is 9.47 Å². The number of hydrogen-bond acceptors (Lipinski definition) is 4. The fourth-order valence-electron chi connectivity index (χ4n) is 2.75. The molecule has 27 heavy (non-hydrogen) atoms. The van der Waals surface area contributed by atoms with Crippen molar-refractivity contribution in [2.45, 2.75) is 59.2 Å². The van der Waals surface area contributed by atoms with Crippen molar-refractivity contribution in [1.82, 2.24) is 0 Å². The maximum Gasteiger partial charge on any atom is 0.344 e. The Balaban J connectivity index is 1.91. The van der Waals surface area contributed by atoms with Gasteiger partial charge in [0.05, 0.1) is 6.10 Å². The molecule has 0 aliphatic rings. The Morgan fingerprint density at radius 3 is 2.48 bits per heavy atom. The highest BCUT2D eigenvalue weighted by atomic mass is 16.6. The molecule has 0 unspecified atom stereocenters. The fraction of sp³-hybridized carbons (Fsp3) is 0.435. The maximum absolute atomic E-state index is 11.8. The third-order valence-electron chi connectivity index (χ3n) is 4.30. The van der Waals surface area contributed by atoms with Crippen molar-refractivity contribution in [1.29, 1.82) is 0 Å². The van der Waals surface area contributed by atoms with E-state index in [-0.39, 0.29) is 6.61 Å². The minimum absolute atomic E-state index is 0.153. The van der Waals surface area contributed by atoms with Crippen molar-refractivity contribution < 1.29 is 19.4 Å². The number of aryl methyl sites for hydroxylation is 3. The summed E-state index contributed by atoms with van der Waals surface area (Å²) in [7, 11) is 0. The van der Waals surface area contributed by atoms with E-state index in [2.05, 4.69) is 32.0 Å². The highest BCUT2D eigenvalue weighted by Gasteiger charge is 2.17. The van der Waals surface area contributed by atoms with Gasteiger partial charge >= 0.3 is 5.97 Å². The quantitative estimate of drug-likeness (QED) is 0.719. The van der Waals surface area contributed by atoms with Crippen molar-refractivity contribution in [2.24, 2.45) is 0 Å². The zero-order chi connectivity index (χ0) is 20.0. The van der Waals surface area contributed by atoms with E-state index >= 15 is 0 Å². The number of ether oxygens (including phenoxy) is 2. The molecule has 2 rings (SSSR count). The van der Waals surface area contributed by atoms with Crippen LogP contribution >= 0.6 is 0 Å². The molecule has 4 heteroatoms. The van der Waals surface area contributed by atoms with Crippen LogP contribution in [0.2, 0.25) is 0 Å². The van der Waals surface area contributed by atoms with Gasteiger partial charge in [0.25, 0.3) is 0 Å². The molecule has 0 aliphatic heterocycles. The highest BCUT2D eigenvalue weighted by Crippen LogP contribution is 2.24. The SMILES string of the molecule is Cc1ccc(CC[C@@H](O)c2cccc(OCC(=O)OC(C)(C)C)c2)cc1C. The molecular weight excluding hydrogens is 340 g/mol. The van der Waals surface area contributed by atoms with E-state index in [1.165, 1.54) is 16.7 Å². The van der Waals surface area contributed by atoms with Crippen LogP contribution in [-0.4, -0.2) is 23.3 Å². The zero-order valence-corrected chi connectivity index (χ0v) is 16.9. The monoisotopic (exact) mass is 370 g/mol. The van der Waals surface area contributed by atoms with Gasteiger partial charge in [0.2, 0.25) is 0 Å². The molecule has 0 fully saturated rings. The Kier molecular flexibility index (Phi) is 7.03. The van der Waals surface area contributed by atoms with Crippen LogP contribution in [0.15, 0.2) is 42.5 Å². The second-order valence-corrected chi connectivity index (χ2v) is 7.92. The lowest BCUT2D eigenvalue weighted by molar-refractivity contribution is -0.157. The van der Waals surface area contributed by atoms with Gasteiger partial charge in [0.1, 0.15) is 11.4 Å². The number of benzene rings is 2. The van der Waals surface area contributed by atoms with Gasteiger partial charge in [-0.2, -0.15) is 0 Å². The van der Waals surface area contributed by atoms with E-state index in [0.717, 1.165) is 12.0 Å². The van der Waals surface area contributed by atoms with Gasteiger partial charge < -0.3 is 14.6 Å². The molecule has 4 nitrogen and oxygen atoms in total. The molecule has 146 valence electrons. The normalized spacial score (nSPS) is 12.5. The van der Waals surface area contributed by atoms with Crippen molar-refractivity contribution in [3.63, 3.8) is 0 Å². The zero-order valence-electron chi connectivity index (χ0n) is 16.9. The van der Waals surface area contributed by atoms with Crippen LogP contribution in [0.1, 0.15) is 55.5 Å². The minimum Gasteiger partial charge on any atom is -0.482 e. The number of carbonyl (C=O) groups is 1. The fourth-order valence-corrected chi connectivity index (χ4v) is 2.75. The Bertz CT molecular complexity index is 774. The average molecular weight is 370 g/mol. The first-order chi connectivity index (χ1) is 12.6. The third-order valence-corrected chi connectivity index (χ3v) is 4.30. The number of hydrogen-bond donors (Lipinski definition) is 1. The van der Waals surface area contributed by atoms with Gasteiger partial charge in [-0.25, -0.2) is 4.79 Å². The second kappa shape index (κ2) is 9.05. The predicted molar refractivity (Wildman–Crippen MR) is 107 cm³/mol. The largest absolute Gasteiger partial charge is 0.482 e. The second-order valence-electron chi connectivity index (χ2n) is 7.92. The van der Waals surface area contributed by atoms with Crippen LogP contribution in [0, 0.1) is 13.8 Å². The molecule has 1 N–H and O–H groups in total. The lowest BCUT2D eigenvalue weighted by Gasteiger charge is -2.19. The van der Waals surface area contributed by atoms with Crippen molar-refractivity contribution in [3.8, 4) is 5.75 Å². The van der Waals surface area contributed by atoms with Crippen molar-refractivity contribution in [2.75, 3.05) is 6.61 Å². The van der Waals surface area contributed by atoms with Crippen LogP contribution in [0.25, 0.3) is 0 Å². The summed E-state index contributed by atoms with van der Waals surface area (Å²) in [6, 6.07) is 13.6. The summed E-state index contributed by atoms with van der Waals surface area (Å²) in [4.78, 5) is 11.8. The molecule has 1 atom stereocenters. The van der Waals surface area contributed by atoms with Crippen LogP contribution in [0.3, 0.4) is 0 Å². The average Bonchev–Trinajstić information content (AvgIpc) is 2.59. The Labute approximate surface area is 162 Å². The molecule has 2 aromatic carbocycles. The van der Waals surface area contributed by atoms with E-state index in [9.17, 15) is 9.90 Å². The van der Waals surface area contributed by atoms with Crippen LogP contribution < -0.4 is 4.74 Å². The summed E-state index contributed by atoms with van der Waals surface area (Å²) < 4.78 is 10.7. The van der Waals surface area contributed by atoms with Gasteiger partial charge in [-0.05, 0) is 81.8 Å². The lowest BCUT2D eigenvalue weighted by Crippen LogP contribution is -2.27. The summed E-state index contributed by atoms with van der Waals surface area (Å²) in [5.41, 5.74) is 4.00. The summed E-state index contributed by atoms with van der Waals surface area (Å²) in [5.74, 6) is 0.131. The molecule has 0 saturated heterocycles. The summed E-state index contributed by atoms with van der Waals surface area (Å²) >= 11 is 0. The van der Waals surface area contributed by atoms with Gasteiger partial charge in [-0.3, -0.25) is 0 Å². The van der Waals surface area contributed by atoms with Gasteiger partial charge in [0, 0.05) is 0 Å². The van der Waals surface area contributed by atoms with Crippen LogP contribution in [-0.2, 0) is 16.0 Å². The van der Waals surface area contributed by atoms with Crippen LogP contribution in [0.4, 0.5) is 0 Å². The highest BCUT2D eigenvalue weighted by molar-refractivity contribution is 5.71. The summed E-state index contributed by atoms with van der Waals surface area (Å²) in [6.07, 6.45) is 0.834. The Morgan fingerprint density at radius 1 is 1.07 bits per heavy atom. The maximum atomic E-state index is 11.8. The van der Waals surface area contributed by atoms with Crippen molar-refractivity contribution in [3.05, 3.63) is 64.7 Å². The molecule has 0 bridgehead atoms. The Hall–Kier alpha value is -2.33. The number of rotatable bonds is 7. The summed E-state index contributed by atoms with van der Waals surface area (Å²) in [5, 5.41) is 10.5. The lowest BCUT2D eigenvalue weighted by atomic mass is 9.99. The number of carbonyl (C=O) groups excluding carboxylic acids is 1. The number of aliphatic hydroxyl groups is 1. The third kappa shape index (κ3) is 7.06. The first kappa shape index (κ1) is 21.0. The molecule has 2 aromatic rings. The molecule has 0 amide bonds. The van der Waals surface area contributed by atoms with E-state index in [1.807, 2.05) is 32.9 Å². The van der Waals surface area contributed by atoms with E-state index in [1.54, 1.807) is 12.1 Å². The molecule has 0 spiro atoms. The topological polar surface area (TPSA) is 55.8 Å². The molecule has 0 saturated carbocycles. The van der Waals surface area contributed by atoms with Gasteiger partial charge in [-0.15, -0.1) is 0 Å². The van der Waals surface area contributed by atoms with Gasteiger partial charge in [0.15, 0.2) is 6.61 Å². The summed E-state index contributed by atoms with van der Waals surface area (Å²) in [6.45, 7) is 9.49. The first-order valence-electron chi connectivity index (χ1n) is 9.33. The number of esters is 1. The molecule has 0 aromatic heterocycles. The molecular formula is C23H30O4. The first-order valence-corrected chi connectivity index (χ1v) is 9.33. The molecule has 0 aliphatic carbocycles. The smallest absolute Gasteiger partial charge is 0.344 e. The molecule has 0 radical (unpaired) electrons. The standard InChI is InChI=1S/C23H30O4/c1-16-9-10-18(13-17(16)2)11-12-21(24)19-7-6-8-20(14-19)26-15-22(25)27-23(3,4)5/h6-10,13-14,21,24H,11-12,15H2,1-5H3/t21-/m1/s1. The number of aliphatic hydroxyl groups excluding tert-OH is 1. The minimum atomic E-state index is -0.586. The van der Waals surface area contributed by atoms with E-state index < -0.39 is 17.7 Å². The van der Waals surface area contributed by atoms with Crippen molar-refractivity contribution >= 4 is 5.97 Å². The van der Waals surface area contributed by atoms with E-state index in [0.29, 0.717) is 12.2 Å². The Morgan fingerprint density at radius 2 is 1.81 bits per heavy atom. The predicted octanol–water partition coefficient (Wildman–Crippen LogP) is 4.69. The van der Waals surface area contributed by atoms with Gasteiger partial charge in [-0.1, -0.05) is 30.3 Å². The van der Waals surface area contributed by atoms with Crippen LogP contribution in [0.5, 0.6) is 5.75 Å².